The number of rotatable bonds is 3. The Morgan fingerprint density at radius 3 is 2.04 bits per heavy atom. The molecule has 126 valence electrons. The van der Waals surface area contributed by atoms with Crippen molar-refractivity contribution in [2.24, 2.45) is 0 Å². The summed E-state index contributed by atoms with van der Waals surface area (Å²) in [6, 6.07) is 2.01. The van der Waals surface area contributed by atoms with Gasteiger partial charge in [-0.25, -0.2) is 15.0 Å². The van der Waals surface area contributed by atoms with Crippen molar-refractivity contribution in [3.05, 3.63) is 29.1 Å². The van der Waals surface area contributed by atoms with Crippen molar-refractivity contribution in [3.63, 3.8) is 0 Å². The van der Waals surface area contributed by atoms with Gasteiger partial charge in [0.2, 0.25) is 11.9 Å². The number of hydrogen-bond acceptors (Lipinski definition) is 7. The molecule has 8 heteroatoms. The molecule has 4 rings (SSSR count). The molecule has 2 fully saturated rings. The maximum absolute atomic E-state index is 4.77. The summed E-state index contributed by atoms with van der Waals surface area (Å²) in [5.41, 5.74) is 0. The summed E-state index contributed by atoms with van der Waals surface area (Å²) in [6.07, 6.45) is 7.96. The van der Waals surface area contributed by atoms with E-state index in [9.17, 15) is 0 Å². The van der Waals surface area contributed by atoms with Crippen molar-refractivity contribution in [1.82, 2.24) is 19.9 Å². The van der Waals surface area contributed by atoms with Crippen molar-refractivity contribution in [2.75, 3.05) is 54.0 Å². The minimum absolute atomic E-state index is 0.782. The highest BCUT2D eigenvalue weighted by atomic mass is 79.9. The smallest absolute Gasteiger partial charge is 0.227 e. The summed E-state index contributed by atoms with van der Waals surface area (Å²) in [7, 11) is 0. The van der Waals surface area contributed by atoms with Crippen LogP contribution in [0, 0.1) is 0 Å². The molecular weight excluding hydrogens is 370 g/mol. The number of anilines is 3. The van der Waals surface area contributed by atoms with E-state index in [0.717, 1.165) is 61.5 Å². The average molecular weight is 390 g/mol. The van der Waals surface area contributed by atoms with Crippen LogP contribution in [-0.4, -0.2) is 59.2 Å². The Hall–Kier alpha value is -1.96. The lowest BCUT2D eigenvalue weighted by atomic mass is 10.3. The van der Waals surface area contributed by atoms with Crippen LogP contribution in [-0.2, 0) is 0 Å². The predicted octanol–water partition coefficient (Wildman–Crippen LogP) is 1.96. The second-order valence-corrected chi connectivity index (χ2v) is 7.00. The second kappa shape index (κ2) is 6.88. The van der Waals surface area contributed by atoms with Crippen LogP contribution in [0.25, 0.3) is 0 Å². The Balaban J connectivity index is 1.42. The molecule has 2 aliphatic heterocycles. The molecule has 0 bridgehead atoms. The summed E-state index contributed by atoms with van der Waals surface area (Å²) < 4.78 is 0.900. The predicted molar refractivity (Wildman–Crippen MR) is 97.6 cm³/mol. The van der Waals surface area contributed by atoms with Crippen LogP contribution in [0.1, 0.15) is 12.8 Å². The topological polar surface area (TPSA) is 61.3 Å². The normalized spacial score (nSPS) is 18.3. The van der Waals surface area contributed by atoms with Gasteiger partial charge < -0.3 is 14.7 Å². The third-order valence-electron chi connectivity index (χ3n) is 4.51. The Kier molecular flexibility index (Phi) is 4.46. The molecule has 2 aromatic rings. The molecule has 0 saturated carbocycles. The molecule has 2 aliphatic rings. The fraction of sp³-hybridized carbons (Fsp3) is 0.500. The third-order valence-corrected chi connectivity index (χ3v) is 4.92. The van der Waals surface area contributed by atoms with Gasteiger partial charge in [0.05, 0.1) is 4.47 Å². The molecule has 7 nitrogen and oxygen atoms in total. The van der Waals surface area contributed by atoms with E-state index in [4.69, 9.17) is 4.98 Å². The van der Waals surface area contributed by atoms with Crippen LogP contribution >= 0.6 is 15.9 Å². The third kappa shape index (κ3) is 3.28. The first kappa shape index (κ1) is 15.6. The lowest BCUT2D eigenvalue weighted by Gasteiger charge is -2.34. The fourth-order valence-corrected chi connectivity index (χ4v) is 3.39. The number of nitrogens with zero attached hydrogens (tertiary/aromatic N) is 7. The first-order valence-corrected chi connectivity index (χ1v) is 9.14. The monoisotopic (exact) mass is 389 g/mol. The zero-order chi connectivity index (χ0) is 16.4. The lowest BCUT2D eigenvalue weighted by molar-refractivity contribution is 0.627. The highest BCUT2D eigenvalue weighted by molar-refractivity contribution is 9.10. The highest BCUT2D eigenvalue weighted by Crippen LogP contribution is 2.21. The van der Waals surface area contributed by atoms with E-state index >= 15 is 0 Å². The molecule has 0 spiro atoms. The van der Waals surface area contributed by atoms with Gasteiger partial charge in [-0.1, -0.05) is 0 Å². The largest absolute Gasteiger partial charge is 0.356 e. The van der Waals surface area contributed by atoms with Gasteiger partial charge in [-0.2, -0.15) is 4.98 Å². The molecule has 24 heavy (non-hydrogen) atoms. The van der Waals surface area contributed by atoms with Crippen LogP contribution in [0.5, 0.6) is 0 Å². The number of halogens is 1. The lowest BCUT2D eigenvalue weighted by Crippen LogP contribution is -2.47. The number of hydrogen-bond donors (Lipinski definition) is 0. The molecule has 2 saturated heterocycles. The molecule has 0 radical (unpaired) electrons. The van der Waals surface area contributed by atoms with E-state index in [1.54, 1.807) is 12.4 Å². The van der Waals surface area contributed by atoms with Gasteiger partial charge in [0.25, 0.3) is 0 Å². The van der Waals surface area contributed by atoms with Crippen molar-refractivity contribution in [1.29, 1.82) is 0 Å². The van der Waals surface area contributed by atoms with Gasteiger partial charge in [0.1, 0.15) is 5.82 Å². The first-order chi connectivity index (χ1) is 11.8. The minimum atomic E-state index is 0.782. The Labute approximate surface area is 149 Å². The van der Waals surface area contributed by atoms with Gasteiger partial charge >= 0.3 is 0 Å². The molecule has 0 atom stereocenters. The van der Waals surface area contributed by atoms with Crippen molar-refractivity contribution >= 4 is 33.6 Å². The van der Waals surface area contributed by atoms with Crippen molar-refractivity contribution in [3.8, 4) is 0 Å². The quantitative estimate of drug-likeness (QED) is 0.794. The number of piperazine rings is 1. The van der Waals surface area contributed by atoms with Crippen LogP contribution in [0.2, 0.25) is 0 Å². The highest BCUT2D eigenvalue weighted by Gasteiger charge is 2.22. The molecule has 0 aromatic carbocycles. The van der Waals surface area contributed by atoms with Gasteiger partial charge in [-0.3, -0.25) is 0 Å². The summed E-state index contributed by atoms with van der Waals surface area (Å²) in [6.45, 7) is 5.71. The fourth-order valence-electron chi connectivity index (χ4n) is 3.19. The molecule has 0 amide bonds. The molecular formula is C16H20BrN7. The second-order valence-electron chi connectivity index (χ2n) is 6.08. The van der Waals surface area contributed by atoms with Gasteiger partial charge in [0, 0.05) is 57.9 Å². The summed E-state index contributed by atoms with van der Waals surface area (Å²) in [5.74, 6) is 2.66. The average Bonchev–Trinajstić information content (AvgIpc) is 3.17. The van der Waals surface area contributed by atoms with Gasteiger partial charge in [-0.15, -0.1) is 0 Å². The Morgan fingerprint density at radius 2 is 1.38 bits per heavy atom. The first-order valence-electron chi connectivity index (χ1n) is 8.35. The van der Waals surface area contributed by atoms with Crippen LogP contribution < -0.4 is 14.7 Å². The number of aromatic nitrogens is 4. The summed E-state index contributed by atoms with van der Waals surface area (Å²) >= 11 is 3.37. The zero-order valence-electron chi connectivity index (χ0n) is 13.5. The SMILES string of the molecule is Brc1cnc(N2CCN(c3nccc(N4CCCC4)n3)CC2)nc1. The van der Waals surface area contributed by atoms with Crippen LogP contribution in [0.15, 0.2) is 29.1 Å². The van der Waals surface area contributed by atoms with Crippen molar-refractivity contribution in [2.45, 2.75) is 12.8 Å². The van der Waals surface area contributed by atoms with E-state index < -0.39 is 0 Å². The maximum atomic E-state index is 4.77. The van der Waals surface area contributed by atoms with E-state index in [1.807, 2.05) is 12.3 Å². The Morgan fingerprint density at radius 1 is 0.750 bits per heavy atom. The van der Waals surface area contributed by atoms with Crippen molar-refractivity contribution < 1.29 is 0 Å². The summed E-state index contributed by atoms with van der Waals surface area (Å²) in [5, 5.41) is 0. The van der Waals surface area contributed by atoms with Gasteiger partial charge in [-0.05, 0) is 34.8 Å². The molecule has 0 aliphatic carbocycles. The van der Waals surface area contributed by atoms with Crippen LogP contribution in [0.3, 0.4) is 0 Å². The van der Waals surface area contributed by atoms with Gasteiger partial charge in [0.15, 0.2) is 0 Å². The van der Waals surface area contributed by atoms with E-state index in [0.29, 0.717) is 0 Å². The molecule has 0 unspecified atom stereocenters. The summed E-state index contributed by atoms with van der Waals surface area (Å²) in [4.78, 5) is 24.8. The van der Waals surface area contributed by atoms with E-state index in [2.05, 4.69) is 45.6 Å². The molecule has 4 heterocycles. The zero-order valence-corrected chi connectivity index (χ0v) is 15.1. The Bertz CT molecular complexity index is 679. The van der Waals surface area contributed by atoms with E-state index in [1.165, 1.54) is 12.8 Å². The molecule has 0 N–H and O–H groups in total. The standard InChI is InChI=1S/C16H20BrN7/c17-13-11-19-15(20-12-13)23-7-9-24(10-8-23)16-18-4-3-14(21-16)22-5-1-2-6-22/h3-4,11-12H,1-2,5-10H2. The maximum Gasteiger partial charge on any atom is 0.227 e. The van der Waals surface area contributed by atoms with E-state index in [-0.39, 0.29) is 0 Å². The van der Waals surface area contributed by atoms with Crippen LogP contribution in [0.4, 0.5) is 17.7 Å². The minimum Gasteiger partial charge on any atom is -0.356 e. The molecule has 2 aromatic heterocycles.